The van der Waals surface area contributed by atoms with Crippen LogP contribution in [0.1, 0.15) is 24.8 Å². The first-order valence-electron chi connectivity index (χ1n) is 9.03. The summed E-state index contributed by atoms with van der Waals surface area (Å²) in [7, 11) is 3.50. The van der Waals surface area contributed by atoms with Gasteiger partial charge < -0.3 is 19.7 Å². The lowest BCUT2D eigenvalue weighted by molar-refractivity contribution is 0.0536. The van der Waals surface area contributed by atoms with Gasteiger partial charge in [0.25, 0.3) is 0 Å². The van der Waals surface area contributed by atoms with E-state index in [1.54, 1.807) is 7.11 Å². The highest BCUT2D eigenvalue weighted by Crippen LogP contribution is 2.31. The average molecular weight is 530 g/mol. The van der Waals surface area contributed by atoms with Crippen molar-refractivity contribution in [3.8, 4) is 0 Å². The fourth-order valence-electron chi connectivity index (χ4n) is 3.21. The van der Waals surface area contributed by atoms with Gasteiger partial charge in [0.15, 0.2) is 5.96 Å². The molecule has 8 heteroatoms. The quantitative estimate of drug-likeness (QED) is 0.236. The molecule has 154 valence electrons. The molecule has 27 heavy (non-hydrogen) atoms. The molecule has 5 nitrogen and oxygen atoms in total. The molecule has 0 aromatic heterocycles. The molecule has 1 fully saturated rings. The molecule has 2 unspecified atom stereocenters. The summed E-state index contributed by atoms with van der Waals surface area (Å²) >= 11 is 12.6. The summed E-state index contributed by atoms with van der Waals surface area (Å²) in [4.78, 5) is 6.71. The van der Waals surface area contributed by atoms with Crippen molar-refractivity contribution in [2.75, 3.05) is 53.6 Å². The number of ether oxygens (including phenoxy) is 2. The molecule has 1 aliphatic heterocycles. The number of likely N-dealkylation sites (tertiary alicyclic amines) is 1. The van der Waals surface area contributed by atoms with Crippen LogP contribution in [0, 0.1) is 5.92 Å². The molecule has 0 bridgehead atoms. The van der Waals surface area contributed by atoms with Gasteiger partial charge >= 0.3 is 0 Å². The van der Waals surface area contributed by atoms with E-state index in [4.69, 9.17) is 32.7 Å². The van der Waals surface area contributed by atoms with E-state index in [2.05, 4.69) is 22.1 Å². The van der Waals surface area contributed by atoms with Gasteiger partial charge in [0, 0.05) is 55.7 Å². The third kappa shape index (κ3) is 7.57. The summed E-state index contributed by atoms with van der Waals surface area (Å²) in [6.45, 7) is 6.83. The Hall–Kier alpha value is -0.280. The van der Waals surface area contributed by atoms with Gasteiger partial charge in [-0.3, -0.25) is 4.99 Å². The summed E-state index contributed by atoms with van der Waals surface area (Å²) < 4.78 is 10.7. The molecular formula is C19H30Cl2IN3O2. The van der Waals surface area contributed by atoms with Gasteiger partial charge in [0.1, 0.15) is 0 Å². The lowest BCUT2D eigenvalue weighted by Gasteiger charge is -2.24. The van der Waals surface area contributed by atoms with Gasteiger partial charge in [-0.1, -0.05) is 36.2 Å². The number of rotatable bonds is 8. The summed E-state index contributed by atoms with van der Waals surface area (Å²) in [6.07, 6.45) is 1.11. The zero-order chi connectivity index (χ0) is 18.9. The maximum Gasteiger partial charge on any atom is 0.193 e. The van der Waals surface area contributed by atoms with E-state index < -0.39 is 0 Å². The Kier molecular flexibility index (Phi) is 12.0. The molecule has 0 spiro atoms. The van der Waals surface area contributed by atoms with Crippen molar-refractivity contribution in [2.24, 2.45) is 10.9 Å². The highest BCUT2D eigenvalue weighted by molar-refractivity contribution is 14.0. The van der Waals surface area contributed by atoms with Crippen LogP contribution >= 0.6 is 47.2 Å². The van der Waals surface area contributed by atoms with Crippen LogP contribution in [0.5, 0.6) is 0 Å². The summed E-state index contributed by atoms with van der Waals surface area (Å²) in [6, 6.07) is 5.62. The van der Waals surface area contributed by atoms with Gasteiger partial charge in [0.05, 0.1) is 19.8 Å². The Balaban J connectivity index is 0.00000364. The van der Waals surface area contributed by atoms with Crippen LogP contribution in [0.4, 0.5) is 0 Å². The first-order chi connectivity index (χ1) is 12.6. The number of guanidine groups is 1. The Morgan fingerprint density at radius 1 is 1.33 bits per heavy atom. The second kappa shape index (κ2) is 13.0. The summed E-state index contributed by atoms with van der Waals surface area (Å²) in [5.41, 5.74) is 0.977. The van der Waals surface area contributed by atoms with Crippen LogP contribution in [-0.4, -0.2) is 64.5 Å². The molecule has 2 atom stereocenters. The number of nitrogens with one attached hydrogen (secondary N) is 1. The molecule has 1 aromatic rings. The average Bonchev–Trinajstić information content (AvgIpc) is 3.08. The Morgan fingerprint density at radius 2 is 2.04 bits per heavy atom. The van der Waals surface area contributed by atoms with Crippen LogP contribution < -0.4 is 5.32 Å². The molecule has 1 saturated heterocycles. The van der Waals surface area contributed by atoms with Gasteiger partial charge in [-0.2, -0.15) is 0 Å². The summed E-state index contributed by atoms with van der Waals surface area (Å²) in [5, 5.41) is 4.87. The van der Waals surface area contributed by atoms with Gasteiger partial charge in [-0.15, -0.1) is 24.0 Å². The van der Waals surface area contributed by atoms with E-state index in [1.165, 1.54) is 0 Å². The second-order valence-electron chi connectivity index (χ2n) is 6.63. The summed E-state index contributed by atoms with van der Waals surface area (Å²) in [5.74, 6) is 1.63. The molecule has 2 rings (SSSR count). The number of hydrogen-bond acceptors (Lipinski definition) is 3. The number of benzene rings is 1. The number of halogens is 3. The third-order valence-electron chi connectivity index (χ3n) is 4.64. The Bertz CT molecular complexity index is 584. The van der Waals surface area contributed by atoms with Crippen LogP contribution in [0.3, 0.4) is 0 Å². The fourth-order valence-corrected chi connectivity index (χ4v) is 3.98. The normalized spacial score (nSPS) is 18.3. The SMILES string of the molecule is CN=C(NCC(C)c1c(Cl)cccc1Cl)N1CCC(COCCOC)C1.I. The Morgan fingerprint density at radius 3 is 2.67 bits per heavy atom. The fraction of sp³-hybridized carbons (Fsp3) is 0.632. The minimum Gasteiger partial charge on any atom is -0.382 e. The van der Waals surface area contributed by atoms with Crippen molar-refractivity contribution in [1.29, 1.82) is 0 Å². The minimum absolute atomic E-state index is 0. The number of methoxy groups -OCH3 is 1. The van der Waals surface area contributed by atoms with E-state index in [9.17, 15) is 0 Å². The van der Waals surface area contributed by atoms with Crippen LogP contribution in [-0.2, 0) is 9.47 Å². The van der Waals surface area contributed by atoms with Crippen LogP contribution in [0.25, 0.3) is 0 Å². The molecule has 0 radical (unpaired) electrons. The Labute approximate surface area is 189 Å². The van der Waals surface area contributed by atoms with Crippen molar-refractivity contribution in [3.63, 3.8) is 0 Å². The van der Waals surface area contributed by atoms with Crippen molar-refractivity contribution in [1.82, 2.24) is 10.2 Å². The lowest BCUT2D eigenvalue weighted by atomic mass is 10.0. The molecule has 1 aliphatic rings. The first kappa shape index (κ1) is 24.8. The lowest BCUT2D eigenvalue weighted by Crippen LogP contribution is -2.41. The van der Waals surface area contributed by atoms with Crippen molar-refractivity contribution in [3.05, 3.63) is 33.8 Å². The molecule has 1 N–H and O–H groups in total. The molecule has 1 heterocycles. The highest BCUT2D eigenvalue weighted by Gasteiger charge is 2.25. The zero-order valence-electron chi connectivity index (χ0n) is 16.2. The largest absolute Gasteiger partial charge is 0.382 e. The van der Waals surface area contributed by atoms with Crippen LogP contribution in [0.2, 0.25) is 10.0 Å². The van der Waals surface area contributed by atoms with E-state index in [0.29, 0.717) is 29.2 Å². The molecule has 1 aromatic carbocycles. The van der Waals surface area contributed by atoms with Crippen LogP contribution in [0.15, 0.2) is 23.2 Å². The van der Waals surface area contributed by atoms with E-state index >= 15 is 0 Å². The smallest absolute Gasteiger partial charge is 0.193 e. The molecule has 0 aliphatic carbocycles. The van der Waals surface area contributed by atoms with Crippen molar-refractivity contribution >= 4 is 53.1 Å². The molecule has 0 amide bonds. The standard InChI is InChI=1S/C19H29Cl2N3O2.HI/c1-14(18-16(20)5-4-6-17(18)21)11-23-19(22-2)24-8-7-15(12-24)13-26-10-9-25-3;/h4-6,14-15H,7-13H2,1-3H3,(H,22,23);1H. The number of nitrogens with zero attached hydrogens (tertiary/aromatic N) is 2. The van der Waals surface area contributed by atoms with Gasteiger partial charge in [-0.05, 0) is 24.1 Å². The van der Waals surface area contributed by atoms with E-state index in [-0.39, 0.29) is 29.9 Å². The van der Waals surface area contributed by atoms with Gasteiger partial charge in [-0.25, -0.2) is 0 Å². The van der Waals surface area contributed by atoms with Crippen molar-refractivity contribution in [2.45, 2.75) is 19.3 Å². The first-order valence-corrected chi connectivity index (χ1v) is 9.78. The predicted molar refractivity (Wildman–Crippen MR) is 124 cm³/mol. The number of hydrogen-bond donors (Lipinski definition) is 1. The van der Waals surface area contributed by atoms with Crippen molar-refractivity contribution < 1.29 is 9.47 Å². The van der Waals surface area contributed by atoms with E-state index in [0.717, 1.165) is 44.2 Å². The molecular weight excluding hydrogens is 500 g/mol. The minimum atomic E-state index is 0. The molecule has 0 saturated carbocycles. The zero-order valence-corrected chi connectivity index (χ0v) is 20.1. The predicted octanol–water partition coefficient (Wildman–Crippen LogP) is 4.28. The third-order valence-corrected chi connectivity index (χ3v) is 5.30. The maximum absolute atomic E-state index is 6.32. The number of aliphatic imine (C=N–C) groups is 1. The van der Waals surface area contributed by atoms with Gasteiger partial charge in [0.2, 0.25) is 0 Å². The topological polar surface area (TPSA) is 46.1 Å². The second-order valence-corrected chi connectivity index (χ2v) is 7.45. The van der Waals surface area contributed by atoms with E-state index in [1.807, 2.05) is 25.2 Å². The monoisotopic (exact) mass is 529 g/mol. The maximum atomic E-state index is 6.32. The highest BCUT2D eigenvalue weighted by atomic mass is 127.